The molecule has 1 atom stereocenters. The van der Waals surface area contributed by atoms with Gasteiger partial charge in [0.1, 0.15) is 11.9 Å². The molecular formula is C12H16N4. The van der Waals surface area contributed by atoms with E-state index < -0.39 is 0 Å². The highest BCUT2D eigenvalue weighted by Crippen LogP contribution is 2.22. The number of hydrogen-bond acceptors (Lipinski definition) is 3. The van der Waals surface area contributed by atoms with Crippen LogP contribution in [0.5, 0.6) is 0 Å². The number of hydrazine groups is 1. The highest BCUT2D eigenvalue weighted by atomic mass is 15.3. The Labute approximate surface area is 95.1 Å². The lowest BCUT2D eigenvalue weighted by molar-refractivity contribution is 0.577. The molecule has 0 spiro atoms. The zero-order chi connectivity index (χ0) is 11.5. The van der Waals surface area contributed by atoms with Gasteiger partial charge in [0.15, 0.2) is 0 Å². The molecule has 0 aliphatic carbocycles. The summed E-state index contributed by atoms with van der Waals surface area (Å²) in [5.74, 6) is 6.54. The maximum absolute atomic E-state index is 5.63. The molecule has 2 rings (SSSR count). The van der Waals surface area contributed by atoms with Crippen LogP contribution in [-0.2, 0) is 7.05 Å². The molecule has 0 radical (unpaired) electrons. The molecule has 0 amide bonds. The molecule has 0 saturated carbocycles. The Balaban J connectivity index is 2.45. The first-order valence-electron chi connectivity index (χ1n) is 5.23. The number of nitrogens with two attached hydrogens (primary N) is 1. The summed E-state index contributed by atoms with van der Waals surface area (Å²) in [6.07, 6.45) is 3.69. The van der Waals surface area contributed by atoms with Gasteiger partial charge in [-0.15, -0.1) is 0 Å². The molecule has 0 aliphatic heterocycles. The monoisotopic (exact) mass is 216 g/mol. The molecule has 4 nitrogen and oxygen atoms in total. The van der Waals surface area contributed by atoms with E-state index in [0.29, 0.717) is 0 Å². The third-order valence-corrected chi connectivity index (χ3v) is 2.78. The highest BCUT2D eigenvalue weighted by Gasteiger charge is 2.17. The summed E-state index contributed by atoms with van der Waals surface area (Å²) in [7, 11) is 1.96. The van der Waals surface area contributed by atoms with E-state index in [1.165, 1.54) is 5.56 Å². The summed E-state index contributed by atoms with van der Waals surface area (Å²) in [6.45, 7) is 2.07. The molecule has 16 heavy (non-hydrogen) atoms. The number of nitrogens with one attached hydrogen (secondary N) is 1. The van der Waals surface area contributed by atoms with Gasteiger partial charge in [-0.25, -0.2) is 10.4 Å². The number of aryl methyl sites for hydroxylation is 2. The summed E-state index contributed by atoms with van der Waals surface area (Å²) in [4.78, 5) is 4.32. The normalized spacial score (nSPS) is 12.7. The van der Waals surface area contributed by atoms with Crippen molar-refractivity contribution >= 4 is 0 Å². The molecule has 3 N–H and O–H groups in total. The van der Waals surface area contributed by atoms with E-state index in [0.717, 1.165) is 11.4 Å². The molecule has 84 valence electrons. The van der Waals surface area contributed by atoms with Crippen LogP contribution in [0.25, 0.3) is 0 Å². The number of nitrogens with zero attached hydrogens (tertiary/aromatic N) is 2. The molecule has 4 heteroatoms. The van der Waals surface area contributed by atoms with Gasteiger partial charge in [0.2, 0.25) is 0 Å². The zero-order valence-corrected chi connectivity index (χ0v) is 9.51. The van der Waals surface area contributed by atoms with Gasteiger partial charge in [0.05, 0.1) is 0 Å². The second-order valence-electron chi connectivity index (χ2n) is 3.85. The van der Waals surface area contributed by atoms with Crippen LogP contribution in [0, 0.1) is 6.92 Å². The molecule has 0 aliphatic rings. The van der Waals surface area contributed by atoms with Gasteiger partial charge in [-0.2, -0.15) is 0 Å². The van der Waals surface area contributed by atoms with Crippen molar-refractivity contribution in [3.05, 3.63) is 53.6 Å². The van der Waals surface area contributed by atoms with Crippen LogP contribution in [0.4, 0.5) is 0 Å². The third-order valence-electron chi connectivity index (χ3n) is 2.78. The second kappa shape index (κ2) is 4.47. The van der Waals surface area contributed by atoms with Crippen molar-refractivity contribution in [2.75, 3.05) is 0 Å². The number of imidazole rings is 1. The lowest BCUT2D eigenvalue weighted by atomic mass is 10.0. The summed E-state index contributed by atoms with van der Waals surface area (Å²) in [5.41, 5.74) is 5.17. The Morgan fingerprint density at radius 2 is 2.12 bits per heavy atom. The Morgan fingerprint density at radius 3 is 2.69 bits per heavy atom. The van der Waals surface area contributed by atoms with E-state index in [2.05, 4.69) is 29.5 Å². The third kappa shape index (κ3) is 1.85. The summed E-state index contributed by atoms with van der Waals surface area (Å²) in [5, 5.41) is 0. The molecular weight excluding hydrogens is 200 g/mol. The van der Waals surface area contributed by atoms with E-state index in [4.69, 9.17) is 5.84 Å². The van der Waals surface area contributed by atoms with Gasteiger partial charge in [0.25, 0.3) is 0 Å². The van der Waals surface area contributed by atoms with Crippen molar-refractivity contribution in [1.29, 1.82) is 0 Å². The van der Waals surface area contributed by atoms with Crippen molar-refractivity contribution in [1.82, 2.24) is 15.0 Å². The number of rotatable bonds is 3. The van der Waals surface area contributed by atoms with Crippen LogP contribution in [0.2, 0.25) is 0 Å². The van der Waals surface area contributed by atoms with Crippen LogP contribution < -0.4 is 11.3 Å². The minimum atomic E-state index is -0.0683. The SMILES string of the molecule is Cc1ccccc1C(NN)c1nccn1C. The predicted molar refractivity (Wildman–Crippen MR) is 63.6 cm³/mol. The number of benzene rings is 1. The lowest BCUT2D eigenvalue weighted by Crippen LogP contribution is -2.31. The van der Waals surface area contributed by atoms with Crippen molar-refractivity contribution in [3.63, 3.8) is 0 Å². The van der Waals surface area contributed by atoms with E-state index in [-0.39, 0.29) is 6.04 Å². The summed E-state index contributed by atoms with van der Waals surface area (Å²) < 4.78 is 1.97. The predicted octanol–water partition coefficient (Wildman–Crippen LogP) is 1.28. The molecule has 0 fully saturated rings. The first kappa shape index (κ1) is 10.9. The minimum Gasteiger partial charge on any atom is -0.336 e. The molecule has 1 heterocycles. The van der Waals surface area contributed by atoms with E-state index >= 15 is 0 Å². The fourth-order valence-corrected chi connectivity index (χ4v) is 1.87. The zero-order valence-electron chi connectivity index (χ0n) is 9.51. The Kier molecular flexibility index (Phi) is 3.03. The van der Waals surface area contributed by atoms with Gasteiger partial charge >= 0.3 is 0 Å². The molecule has 0 bridgehead atoms. The van der Waals surface area contributed by atoms with E-state index in [1.54, 1.807) is 6.20 Å². The van der Waals surface area contributed by atoms with Crippen LogP contribution in [0.3, 0.4) is 0 Å². The van der Waals surface area contributed by atoms with E-state index in [1.807, 2.05) is 29.9 Å². The van der Waals surface area contributed by atoms with Crippen molar-refractivity contribution in [2.45, 2.75) is 13.0 Å². The lowest BCUT2D eigenvalue weighted by Gasteiger charge is -2.18. The van der Waals surface area contributed by atoms with Gasteiger partial charge < -0.3 is 4.57 Å². The molecule has 0 saturated heterocycles. The molecule has 2 aromatic rings. The van der Waals surface area contributed by atoms with Crippen LogP contribution in [0.1, 0.15) is 23.0 Å². The van der Waals surface area contributed by atoms with Gasteiger partial charge in [-0.3, -0.25) is 5.84 Å². The maximum atomic E-state index is 5.63. The molecule has 1 aromatic heterocycles. The Hall–Kier alpha value is -1.65. The van der Waals surface area contributed by atoms with Crippen molar-refractivity contribution in [3.8, 4) is 0 Å². The second-order valence-corrected chi connectivity index (χ2v) is 3.85. The van der Waals surface area contributed by atoms with Crippen LogP contribution in [-0.4, -0.2) is 9.55 Å². The topological polar surface area (TPSA) is 55.9 Å². The quantitative estimate of drug-likeness (QED) is 0.600. The fraction of sp³-hybridized carbons (Fsp3) is 0.250. The Bertz CT molecular complexity index is 475. The van der Waals surface area contributed by atoms with Crippen LogP contribution in [0.15, 0.2) is 36.7 Å². The van der Waals surface area contributed by atoms with Crippen molar-refractivity contribution < 1.29 is 0 Å². The first-order chi connectivity index (χ1) is 7.74. The molecule has 1 aromatic carbocycles. The largest absolute Gasteiger partial charge is 0.336 e. The highest BCUT2D eigenvalue weighted by molar-refractivity contribution is 5.32. The summed E-state index contributed by atoms with van der Waals surface area (Å²) >= 11 is 0. The average molecular weight is 216 g/mol. The standard InChI is InChI=1S/C12H16N4/c1-9-5-3-4-6-10(9)11(15-13)12-14-7-8-16(12)2/h3-8,11,15H,13H2,1-2H3. The first-order valence-corrected chi connectivity index (χ1v) is 5.23. The van der Waals surface area contributed by atoms with Gasteiger partial charge in [-0.1, -0.05) is 24.3 Å². The van der Waals surface area contributed by atoms with E-state index in [9.17, 15) is 0 Å². The van der Waals surface area contributed by atoms with Crippen molar-refractivity contribution in [2.24, 2.45) is 12.9 Å². The number of aromatic nitrogens is 2. The smallest absolute Gasteiger partial charge is 0.131 e. The number of hydrogen-bond donors (Lipinski definition) is 2. The molecule has 1 unspecified atom stereocenters. The van der Waals surface area contributed by atoms with Gasteiger partial charge in [0, 0.05) is 19.4 Å². The van der Waals surface area contributed by atoms with Gasteiger partial charge in [-0.05, 0) is 18.1 Å². The minimum absolute atomic E-state index is 0.0683. The van der Waals surface area contributed by atoms with Crippen LogP contribution >= 0.6 is 0 Å². The Morgan fingerprint density at radius 1 is 1.38 bits per heavy atom. The average Bonchev–Trinajstić information content (AvgIpc) is 2.69. The fourth-order valence-electron chi connectivity index (χ4n) is 1.87. The summed E-state index contributed by atoms with van der Waals surface area (Å²) in [6, 6.07) is 8.10. The maximum Gasteiger partial charge on any atom is 0.131 e.